The van der Waals surface area contributed by atoms with Crippen molar-refractivity contribution in [3.05, 3.63) is 42.0 Å². The highest BCUT2D eigenvalue weighted by atomic mass is 16.5. The van der Waals surface area contributed by atoms with Crippen molar-refractivity contribution in [2.75, 3.05) is 7.05 Å². The van der Waals surface area contributed by atoms with Crippen molar-refractivity contribution in [2.24, 2.45) is 0 Å². The molecule has 92 valence electrons. The Bertz CT molecular complexity index is 400. The lowest BCUT2D eigenvalue weighted by molar-refractivity contribution is 0.269. The third-order valence-electron chi connectivity index (χ3n) is 3.43. The largest absolute Gasteiger partial charge is 0.487 e. The Labute approximate surface area is 104 Å². The van der Waals surface area contributed by atoms with Gasteiger partial charge in [0.2, 0.25) is 0 Å². The maximum absolute atomic E-state index is 5.78. The summed E-state index contributed by atoms with van der Waals surface area (Å²) in [5, 5.41) is 3.38. The van der Waals surface area contributed by atoms with E-state index in [2.05, 4.69) is 30.1 Å². The molecule has 1 N–H and O–H groups in total. The Balaban J connectivity index is 2.24. The van der Waals surface area contributed by atoms with Crippen LogP contribution >= 0.6 is 0 Å². The first kappa shape index (κ1) is 12.2. The zero-order valence-electron chi connectivity index (χ0n) is 10.7. The van der Waals surface area contributed by atoms with Crippen LogP contribution in [0.25, 0.3) is 0 Å². The quantitative estimate of drug-likeness (QED) is 0.803. The normalized spacial score (nSPS) is 20.5. The lowest BCUT2D eigenvalue weighted by atomic mass is 9.87. The van der Waals surface area contributed by atoms with Gasteiger partial charge in [0.1, 0.15) is 11.9 Å². The number of aryl methyl sites for hydroxylation is 1. The Kier molecular flexibility index (Phi) is 3.85. The fraction of sp³-hybridized carbons (Fsp3) is 0.467. The van der Waals surface area contributed by atoms with Gasteiger partial charge in [0.25, 0.3) is 0 Å². The predicted octanol–water partition coefficient (Wildman–Crippen LogP) is 3.24. The summed E-state index contributed by atoms with van der Waals surface area (Å²) in [6.07, 6.45) is 5.54. The summed E-state index contributed by atoms with van der Waals surface area (Å²) in [5.74, 6) is 0.943. The maximum Gasteiger partial charge on any atom is 0.120 e. The second-order valence-electron chi connectivity index (χ2n) is 4.65. The smallest absolute Gasteiger partial charge is 0.120 e. The summed E-state index contributed by atoms with van der Waals surface area (Å²) in [7, 11) is 2.03. The van der Waals surface area contributed by atoms with E-state index in [1.165, 1.54) is 30.4 Å². The van der Waals surface area contributed by atoms with Gasteiger partial charge in [-0.25, -0.2) is 0 Å². The van der Waals surface area contributed by atoms with E-state index in [9.17, 15) is 0 Å². The number of hydrogen-bond acceptors (Lipinski definition) is 2. The Hall–Kier alpha value is -1.28. The number of rotatable bonds is 4. The molecule has 1 aliphatic carbocycles. The fourth-order valence-corrected chi connectivity index (χ4v) is 2.41. The van der Waals surface area contributed by atoms with Gasteiger partial charge in [-0.15, -0.1) is 0 Å². The molecule has 0 amide bonds. The van der Waals surface area contributed by atoms with Crippen LogP contribution in [0.1, 0.15) is 36.9 Å². The molecule has 0 spiro atoms. The number of ether oxygens (including phenoxy) is 1. The van der Waals surface area contributed by atoms with Crippen LogP contribution in [-0.4, -0.2) is 13.2 Å². The molecule has 1 aliphatic rings. The minimum atomic E-state index is 0.0599. The van der Waals surface area contributed by atoms with E-state index in [0.29, 0.717) is 6.04 Å². The molecular formula is C15H21NO. The Morgan fingerprint density at radius 3 is 3.06 bits per heavy atom. The molecular weight excluding hydrogens is 210 g/mol. The second-order valence-corrected chi connectivity index (χ2v) is 4.65. The second kappa shape index (κ2) is 5.37. The summed E-state index contributed by atoms with van der Waals surface area (Å²) >= 11 is 0. The monoisotopic (exact) mass is 231 g/mol. The molecule has 0 radical (unpaired) electrons. The van der Waals surface area contributed by atoms with Gasteiger partial charge < -0.3 is 10.1 Å². The third kappa shape index (κ3) is 2.70. The molecule has 0 aromatic heterocycles. The van der Waals surface area contributed by atoms with Crippen LogP contribution in [0.5, 0.6) is 5.75 Å². The molecule has 0 bridgehead atoms. The first-order valence-corrected chi connectivity index (χ1v) is 6.34. The average Bonchev–Trinajstić information content (AvgIpc) is 2.37. The Morgan fingerprint density at radius 1 is 1.53 bits per heavy atom. The zero-order valence-corrected chi connectivity index (χ0v) is 10.7. The highest BCUT2D eigenvalue weighted by Gasteiger charge is 2.19. The van der Waals surface area contributed by atoms with Crippen molar-refractivity contribution in [2.45, 2.75) is 38.3 Å². The van der Waals surface area contributed by atoms with Gasteiger partial charge in [-0.2, -0.15) is 0 Å². The minimum Gasteiger partial charge on any atom is -0.487 e. The van der Waals surface area contributed by atoms with Crippen molar-refractivity contribution in [3.63, 3.8) is 0 Å². The standard InChI is InChI=1S/C15H21NO/c1-4-11(2)17-13-9-8-12-6-5-7-15(16-3)14(12)10-13/h4,8-11,15-16H,1,5-7H2,2-3H3. The minimum absolute atomic E-state index is 0.0599. The van der Waals surface area contributed by atoms with E-state index in [1.54, 1.807) is 0 Å². The van der Waals surface area contributed by atoms with Crippen molar-refractivity contribution in [3.8, 4) is 5.75 Å². The van der Waals surface area contributed by atoms with Crippen LogP contribution in [0, 0.1) is 0 Å². The lowest BCUT2D eigenvalue weighted by Gasteiger charge is -2.26. The Morgan fingerprint density at radius 2 is 2.35 bits per heavy atom. The first-order chi connectivity index (χ1) is 8.24. The molecule has 0 saturated heterocycles. The zero-order chi connectivity index (χ0) is 12.3. The molecule has 2 rings (SSSR count). The number of benzene rings is 1. The number of fused-ring (bicyclic) bond motifs is 1. The van der Waals surface area contributed by atoms with E-state index in [4.69, 9.17) is 4.74 Å². The number of hydrogen-bond donors (Lipinski definition) is 1. The van der Waals surface area contributed by atoms with Crippen LogP contribution in [-0.2, 0) is 6.42 Å². The summed E-state index contributed by atoms with van der Waals surface area (Å²) in [6.45, 7) is 5.74. The van der Waals surface area contributed by atoms with Crippen LogP contribution in [0.4, 0.5) is 0 Å². The summed E-state index contributed by atoms with van der Waals surface area (Å²) in [4.78, 5) is 0. The molecule has 0 fully saturated rings. The SMILES string of the molecule is C=CC(C)Oc1ccc2c(c1)C(NC)CCC2. The van der Waals surface area contributed by atoms with Gasteiger partial charge in [-0.1, -0.05) is 18.7 Å². The third-order valence-corrected chi connectivity index (χ3v) is 3.43. The number of nitrogens with one attached hydrogen (secondary N) is 1. The molecule has 2 nitrogen and oxygen atoms in total. The predicted molar refractivity (Wildman–Crippen MR) is 71.5 cm³/mol. The van der Waals surface area contributed by atoms with Gasteiger partial charge in [-0.3, -0.25) is 0 Å². The van der Waals surface area contributed by atoms with Crippen LogP contribution in [0.3, 0.4) is 0 Å². The molecule has 2 unspecified atom stereocenters. The van der Waals surface area contributed by atoms with Gasteiger partial charge in [0, 0.05) is 6.04 Å². The molecule has 1 aromatic carbocycles. The van der Waals surface area contributed by atoms with Crippen molar-refractivity contribution in [1.29, 1.82) is 0 Å². The van der Waals surface area contributed by atoms with Gasteiger partial charge >= 0.3 is 0 Å². The fourth-order valence-electron chi connectivity index (χ4n) is 2.41. The van der Waals surface area contributed by atoms with E-state index < -0.39 is 0 Å². The molecule has 2 atom stereocenters. The molecule has 0 heterocycles. The van der Waals surface area contributed by atoms with Crippen molar-refractivity contribution in [1.82, 2.24) is 5.32 Å². The van der Waals surface area contributed by atoms with Gasteiger partial charge in [-0.05, 0) is 56.5 Å². The van der Waals surface area contributed by atoms with E-state index >= 15 is 0 Å². The summed E-state index contributed by atoms with van der Waals surface area (Å²) < 4.78 is 5.78. The topological polar surface area (TPSA) is 21.3 Å². The van der Waals surface area contributed by atoms with Crippen molar-refractivity contribution >= 4 is 0 Å². The average molecular weight is 231 g/mol. The van der Waals surface area contributed by atoms with Crippen LogP contribution < -0.4 is 10.1 Å². The van der Waals surface area contributed by atoms with Gasteiger partial charge in [0.05, 0.1) is 0 Å². The van der Waals surface area contributed by atoms with E-state index in [0.717, 1.165) is 5.75 Å². The van der Waals surface area contributed by atoms with Crippen LogP contribution in [0.15, 0.2) is 30.9 Å². The highest BCUT2D eigenvalue weighted by molar-refractivity contribution is 5.39. The maximum atomic E-state index is 5.78. The molecule has 1 aromatic rings. The molecule has 0 aliphatic heterocycles. The molecule has 17 heavy (non-hydrogen) atoms. The summed E-state index contributed by atoms with van der Waals surface area (Å²) in [6, 6.07) is 6.91. The van der Waals surface area contributed by atoms with Crippen LogP contribution in [0.2, 0.25) is 0 Å². The van der Waals surface area contributed by atoms with E-state index in [1.807, 2.05) is 20.0 Å². The van der Waals surface area contributed by atoms with E-state index in [-0.39, 0.29) is 6.10 Å². The molecule has 2 heteroatoms. The molecule has 0 saturated carbocycles. The highest BCUT2D eigenvalue weighted by Crippen LogP contribution is 2.32. The van der Waals surface area contributed by atoms with Crippen molar-refractivity contribution < 1.29 is 4.74 Å². The summed E-state index contributed by atoms with van der Waals surface area (Å²) in [5.41, 5.74) is 2.85. The first-order valence-electron chi connectivity index (χ1n) is 6.34. The lowest BCUT2D eigenvalue weighted by Crippen LogP contribution is -2.21. The van der Waals surface area contributed by atoms with Gasteiger partial charge in [0.15, 0.2) is 0 Å².